The van der Waals surface area contributed by atoms with Gasteiger partial charge in [0.2, 0.25) is 0 Å². The summed E-state index contributed by atoms with van der Waals surface area (Å²) in [6, 6.07) is 8.21. The fourth-order valence-electron chi connectivity index (χ4n) is 2.15. The molecule has 0 atom stereocenters. The molecule has 3 nitrogen and oxygen atoms in total. The van der Waals surface area contributed by atoms with E-state index in [9.17, 15) is 0 Å². The molecule has 102 valence electrons. The van der Waals surface area contributed by atoms with Crippen LogP contribution in [-0.4, -0.2) is 16.3 Å². The van der Waals surface area contributed by atoms with Crippen molar-refractivity contribution in [2.24, 2.45) is 0 Å². The number of para-hydroxylation sites is 1. The Kier molecular flexibility index (Phi) is 5.16. The van der Waals surface area contributed by atoms with E-state index in [2.05, 4.69) is 57.0 Å². The van der Waals surface area contributed by atoms with Crippen molar-refractivity contribution in [3.05, 3.63) is 46.2 Å². The second kappa shape index (κ2) is 6.87. The molecule has 0 radical (unpaired) electrons. The first-order chi connectivity index (χ1) is 9.27. The Morgan fingerprint density at radius 2 is 2.05 bits per heavy atom. The third-order valence-electron chi connectivity index (χ3n) is 3.09. The number of hydrogen-bond donors (Lipinski definition) is 1. The predicted octanol–water partition coefficient (Wildman–Crippen LogP) is 3.70. The topological polar surface area (TPSA) is 29.9 Å². The Morgan fingerprint density at radius 1 is 1.26 bits per heavy atom. The van der Waals surface area contributed by atoms with E-state index in [0.717, 1.165) is 36.1 Å². The lowest BCUT2D eigenvalue weighted by Gasteiger charge is -2.10. The smallest absolute Gasteiger partial charge is 0.0790 e. The highest BCUT2D eigenvalue weighted by Crippen LogP contribution is 2.23. The first-order valence-corrected chi connectivity index (χ1v) is 7.58. The van der Waals surface area contributed by atoms with Crippen LogP contribution in [0.3, 0.4) is 0 Å². The molecule has 0 saturated heterocycles. The molecule has 1 aromatic carbocycles. The van der Waals surface area contributed by atoms with Crippen LogP contribution in [-0.2, 0) is 13.0 Å². The van der Waals surface area contributed by atoms with Gasteiger partial charge < -0.3 is 5.32 Å². The highest BCUT2D eigenvalue weighted by Gasteiger charge is 2.12. The number of nitrogens with one attached hydrogen (secondary N) is 1. The van der Waals surface area contributed by atoms with E-state index >= 15 is 0 Å². The molecule has 4 heteroatoms. The van der Waals surface area contributed by atoms with Crippen LogP contribution in [0, 0.1) is 0 Å². The Morgan fingerprint density at radius 3 is 2.74 bits per heavy atom. The van der Waals surface area contributed by atoms with E-state index in [1.807, 2.05) is 18.3 Å². The largest absolute Gasteiger partial charge is 0.313 e. The van der Waals surface area contributed by atoms with Crippen LogP contribution in [0.25, 0.3) is 5.69 Å². The van der Waals surface area contributed by atoms with Crippen molar-refractivity contribution in [3.8, 4) is 5.69 Å². The van der Waals surface area contributed by atoms with Gasteiger partial charge in [-0.25, -0.2) is 4.68 Å². The first-order valence-electron chi connectivity index (χ1n) is 6.79. The van der Waals surface area contributed by atoms with Crippen molar-refractivity contribution in [2.75, 3.05) is 6.54 Å². The average Bonchev–Trinajstić information content (AvgIpc) is 2.80. The van der Waals surface area contributed by atoms with Crippen molar-refractivity contribution >= 4 is 15.9 Å². The fourth-order valence-corrected chi connectivity index (χ4v) is 2.60. The van der Waals surface area contributed by atoms with Gasteiger partial charge in [-0.05, 0) is 41.0 Å². The number of halogens is 1. The van der Waals surface area contributed by atoms with E-state index < -0.39 is 0 Å². The molecule has 19 heavy (non-hydrogen) atoms. The molecule has 0 fully saturated rings. The van der Waals surface area contributed by atoms with Crippen molar-refractivity contribution in [2.45, 2.75) is 33.2 Å². The second-order valence-corrected chi connectivity index (χ2v) is 5.36. The van der Waals surface area contributed by atoms with Gasteiger partial charge >= 0.3 is 0 Å². The molecule has 1 N–H and O–H groups in total. The van der Waals surface area contributed by atoms with Gasteiger partial charge in [0.05, 0.1) is 11.9 Å². The zero-order valence-corrected chi connectivity index (χ0v) is 13.1. The van der Waals surface area contributed by atoms with Gasteiger partial charge in [-0.3, -0.25) is 0 Å². The maximum Gasteiger partial charge on any atom is 0.0790 e. The Balaban J connectivity index is 2.40. The third kappa shape index (κ3) is 3.25. The van der Waals surface area contributed by atoms with Gasteiger partial charge in [0.15, 0.2) is 0 Å². The second-order valence-electron chi connectivity index (χ2n) is 4.51. The van der Waals surface area contributed by atoms with E-state index in [1.165, 1.54) is 11.3 Å². The Labute approximate surface area is 123 Å². The van der Waals surface area contributed by atoms with E-state index in [1.54, 1.807) is 0 Å². The number of aromatic nitrogens is 2. The van der Waals surface area contributed by atoms with Crippen LogP contribution in [0.5, 0.6) is 0 Å². The van der Waals surface area contributed by atoms with Crippen LogP contribution < -0.4 is 5.32 Å². The van der Waals surface area contributed by atoms with Crippen LogP contribution in [0.2, 0.25) is 0 Å². The zero-order chi connectivity index (χ0) is 13.7. The number of rotatable bonds is 6. The predicted molar refractivity (Wildman–Crippen MR) is 82.6 cm³/mol. The molecule has 0 amide bonds. The quantitative estimate of drug-likeness (QED) is 0.879. The molecule has 1 aromatic heterocycles. The highest BCUT2D eigenvalue weighted by molar-refractivity contribution is 9.10. The summed E-state index contributed by atoms with van der Waals surface area (Å²) in [7, 11) is 0. The fraction of sp³-hybridized carbons (Fsp3) is 0.400. The van der Waals surface area contributed by atoms with Crippen molar-refractivity contribution in [1.82, 2.24) is 15.1 Å². The van der Waals surface area contributed by atoms with Gasteiger partial charge in [0.1, 0.15) is 0 Å². The monoisotopic (exact) mass is 321 g/mol. The lowest BCUT2D eigenvalue weighted by molar-refractivity contribution is 0.707. The zero-order valence-electron chi connectivity index (χ0n) is 11.5. The van der Waals surface area contributed by atoms with Gasteiger partial charge in [0.25, 0.3) is 0 Å². The summed E-state index contributed by atoms with van der Waals surface area (Å²) in [6.07, 6.45) is 4.14. The van der Waals surface area contributed by atoms with E-state index in [4.69, 9.17) is 0 Å². The minimum absolute atomic E-state index is 0.885. The van der Waals surface area contributed by atoms with Crippen molar-refractivity contribution in [1.29, 1.82) is 0 Å². The van der Waals surface area contributed by atoms with Gasteiger partial charge in [-0.15, -0.1) is 0 Å². The first kappa shape index (κ1) is 14.3. The molecule has 2 aromatic rings. The summed E-state index contributed by atoms with van der Waals surface area (Å²) >= 11 is 3.60. The summed E-state index contributed by atoms with van der Waals surface area (Å²) < 4.78 is 3.13. The minimum atomic E-state index is 0.885. The molecule has 0 saturated carbocycles. The summed E-state index contributed by atoms with van der Waals surface area (Å²) in [5, 5.41) is 7.94. The average molecular weight is 322 g/mol. The number of nitrogens with zero attached hydrogens (tertiary/aromatic N) is 2. The van der Waals surface area contributed by atoms with Crippen LogP contribution in [0.15, 0.2) is 34.9 Å². The maximum atomic E-state index is 4.57. The molecule has 1 heterocycles. The molecule has 0 unspecified atom stereocenters. The molecular formula is C15H20BrN3. The highest BCUT2D eigenvalue weighted by atomic mass is 79.9. The summed E-state index contributed by atoms with van der Waals surface area (Å²) in [6.45, 7) is 6.19. The molecule has 0 aliphatic rings. The molecule has 0 aliphatic heterocycles. The number of benzene rings is 1. The van der Waals surface area contributed by atoms with Crippen molar-refractivity contribution < 1.29 is 0 Å². The van der Waals surface area contributed by atoms with E-state index in [-0.39, 0.29) is 0 Å². The molecule has 0 spiro atoms. The van der Waals surface area contributed by atoms with Crippen LogP contribution in [0.1, 0.15) is 31.5 Å². The summed E-state index contributed by atoms with van der Waals surface area (Å²) in [5.74, 6) is 0. The summed E-state index contributed by atoms with van der Waals surface area (Å²) in [5.41, 5.74) is 3.70. The SMILES string of the molecule is CCCc1c(CNCC)cnn1-c1ccccc1Br. The number of hydrogen-bond acceptors (Lipinski definition) is 2. The molecular weight excluding hydrogens is 302 g/mol. The Bertz CT molecular complexity index is 534. The van der Waals surface area contributed by atoms with Crippen LogP contribution >= 0.6 is 15.9 Å². The Hall–Kier alpha value is -1.13. The van der Waals surface area contributed by atoms with Gasteiger partial charge in [-0.1, -0.05) is 32.4 Å². The van der Waals surface area contributed by atoms with Gasteiger partial charge in [0, 0.05) is 22.3 Å². The summed E-state index contributed by atoms with van der Waals surface area (Å²) in [4.78, 5) is 0. The minimum Gasteiger partial charge on any atom is -0.313 e. The standard InChI is InChI=1S/C15H20BrN3/c1-3-7-14-12(10-17-4-2)11-18-19(14)15-9-6-5-8-13(15)16/h5-6,8-9,11,17H,3-4,7,10H2,1-2H3. The lowest BCUT2D eigenvalue weighted by atomic mass is 10.1. The van der Waals surface area contributed by atoms with Gasteiger partial charge in [-0.2, -0.15) is 5.10 Å². The van der Waals surface area contributed by atoms with Crippen molar-refractivity contribution in [3.63, 3.8) is 0 Å². The molecule has 0 bridgehead atoms. The third-order valence-corrected chi connectivity index (χ3v) is 3.76. The maximum absolute atomic E-state index is 4.57. The lowest BCUT2D eigenvalue weighted by Crippen LogP contribution is -2.13. The molecule has 2 rings (SSSR count). The normalized spacial score (nSPS) is 10.9. The van der Waals surface area contributed by atoms with E-state index in [0.29, 0.717) is 0 Å². The van der Waals surface area contributed by atoms with Crippen LogP contribution in [0.4, 0.5) is 0 Å². The molecule has 0 aliphatic carbocycles.